The smallest absolute Gasteiger partial charge is 0.170 e. The molecule has 1 aromatic heterocycles. The van der Waals surface area contributed by atoms with Gasteiger partial charge in [0.15, 0.2) is 6.26 Å². The fraction of sp³-hybridized carbons (Fsp3) is 0. The minimum atomic E-state index is 0.870. The molecular weight excluding hydrogens is 192 g/mol. The van der Waals surface area contributed by atoms with Crippen molar-refractivity contribution in [3.8, 4) is 0 Å². The molecule has 0 aliphatic heterocycles. The van der Waals surface area contributed by atoms with Crippen molar-refractivity contribution in [2.24, 2.45) is 0 Å². The maximum Gasteiger partial charge on any atom is 0.170 e. The van der Waals surface area contributed by atoms with Crippen molar-refractivity contribution < 1.29 is 4.42 Å². The Hall–Kier alpha value is -0.760. The maximum atomic E-state index is 5.04. The first kappa shape index (κ1) is 5.98. The summed E-state index contributed by atoms with van der Waals surface area (Å²) in [7, 11) is 0. The number of fused-ring (bicyclic) bond motifs is 1. The van der Waals surface area contributed by atoms with Gasteiger partial charge in [-0.25, -0.2) is 0 Å². The molecule has 0 aliphatic carbocycles. The summed E-state index contributed by atoms with van der Waals surface area (Å²) in [6, 6.07) is 7.64. The molecular formula is C8H4BrO. The van der Waals surface area contributed by atoms with Crippen LogP contribution < -0.4 is 0 Å². The molecule has 1 heterocycles. The van der Waals surface area contributed by atoms with E-state index in [4.69, 9.17) is 4.42 Å². The molecule has 0 aliphatic rings. The van der Waals surface area contributed by atoms with E-state index in [1.807, 2.05) is 24.3 Å². The Morgan fingerprint density at radius 3 is 3.10 bits per heavy atom. The van der Waals surface area contributed by atoms with Crippen molar-refractivity contribution in [3.05, 3.63) is 35.0 Å². The first-order valence-corrected chi connectivity index (χ1v) is 3.71. The van der Waals surface area contributed by atoms with Gasteiger partial charge in [0, 0.05) is 9.86 Å². The average molecular weight is 196 g/mol. The maximum absolute atomic E-state index is 5.04. The molecule has 2 aromatic rings. The fourth-order valence-electron chi connectivity index (χ4n) is 0.898. The molecule has 2 heteroatoms. The molecule has 49 valence electrons. The van der Waals surface area contributed by atoms with Crippen LogP contribution in [0.3, 0.4) is 0 Å². The van der Waals surface area contributed by atoms with Crippen LogP contribution in [0.25, 0.3) is 11.0 Å². The minimum Gasteiger partial charge on any atom is -0.453 e. The molecule has 1 radical (unpaired) electrons. The van der Waals surface area contributed by atoms with E-state index in [9.17, 15) is 0 Å². The summed E-state index contributed by atoms with van der Waals surface area (Å²) < 4.78 is 6.09. The van der Waals surface area contributed by atoms with Gasteiger partial charge in [-0.05, 0) is 18.2 Å². The number of rotatable bonds is 0. The molecule has 1 nitrogen and oxygen atoms in total. The normalized spacial score (nSPS) is 10.5. The second-order valence-corrected chi connectivity index (χ2v) is 2.87. The SMILES string of the molecule is Brc1cccc2o[c]cc12. The van der Waals surface area contributed by atoms with Crippen LogP contribution in [-0.4, -0.2) is 0 Å². The summed E-state index contributed by atoms with van der Waals surface area (Å²) in [4.78, 5) is 0. The van der Waals surface area contributed by atoms with Crippen LogP contribution >= 0.6 is 15.9 Å². The lowest BCUT2D eigenvalue weighted by atomic mass is 10.3. The molecule has 0 atom stereocenters. The third kappa shape index (κ3) is 0.762. The van der Waals surface area contributed by atoms with Crippen LogP contribution in [0.2, 0.25) is 0 Å². The zero-order chi connectivity index (χ0) is 6.97. The Labute approximate surface area is 66.8 Å². The quantitative estimate of drug-likeness (QED) is 0.631. The fourth-order valence-corrected chi connectivity index (χ4v) is 1.36. The van der Waals surface area contributed by atoms with Crippen molar-refractivity contribution in [1.29, 1.82) is 0 Å². The minimum absolute atomic E-state index is 0.870. The van der Waals surface area contributed by atoms with Crippen molar-refractivity contribution in [2.75, 3.05) is 0 Å². The lowest BCUT2D eigenvalue weighted by Crippen LogP contribution is -1.63. The van der Waals surface area contributed by atoms with Gasteiger partial charge in [-0.2, -0.15) is 0 Å². The summed E-state index contributed by atoms with van der Waals surface area (Å²) in [5.74, 6) is 0. The van der Waals surface area contributed by atoms with Gasteiger partial charge in [0.1, 0.15) is 5.58 Å². The Balaban J connectivity index is 2.95. The second kappa shape index (κ2) is 2.13. The van der Waals surface area contributed by atoms with Crippen LogP contribution in [-0.2, 0) is 0 Å². The van der Waals surface area contributed by atoms with E-state index < -0.39 is 0 Å². The third-order valence-corrected chi connectivity index (χ3v) is 2.08. The van der Waals surface area contributed by atoms with Gasteiger partial charge < -0.3 is 4.42 Å². The molecule has 0 fully saturated rings. The Morgan fingerprint density at radius 2 is 2.30 bits per heavy atom. The highest BCUT2D eigenvalue weighted by molar-refractivity contribution is 9.10. The standard InChI is InChI=1S/C8H4BrO/c9-7-2-1-3-8-6(7)4-5-10-8/h1-4H. The molecule has 0 unspecified atom stereocenters. The highest BCUT2D eigenvalue weighted by Gasteiger charge is 1.98. The van der Waals surface area contributed by atoms with Gasteiger partial charge in [-0.15, -0.1) is 0 Å². The van der Waals surface area contributed by atoms with E-state index in [1.165, 1.54) is 0 Å². The van der Waals surface area contributed by atoms with E-state index in [1.54, 1.807) is 0 Å². The molecule has 0 bridgehead atoms. The number of halogens is 1. The zero-order valence-corrected chi connectivity index (χ0v) is 6.68. The average Bonchev–Trinajstić information content (AvgIpc) is 2.36. The van der Waals surface area contributed by atoms with Crippen LogP contribution in [0.15, 0.2) is 33.2 Å². The van der Waals surface area contributed by atoms with E-state index in [-0.39, 0.29) is 0 Å². The topological polar surface area (TPSA) is 13.1 Å². The highest BCUT2D eigenvalue weighted by atomic mass is 79.9. The zero-order valence-electron chi connectivity index (χ0n) is 5.10. The lowest BCUT2D eigenvalue weighted by molar-refractivity contribution is 0.606. The summed E-state index contributed by atoms with van der Waals surface area (Å²) in [6.07, 6.45) is 2.67. The molecule has 0 N–H and O–H groups in total. The molecule has 0 amide bonds. The van der Waals surface area contributed by atoms with Crippen LogP contribution in [0.5, 0.6) is 0 Å². The molecule has 0 spiro atoms. The Bertz CT molecular complexity index is 351. The number of benzene rings is 1. The van der Waals surface area contributed by atoms with E-state index >= 15 is 0 Å². The van der Waals surface area contributed by atoms with E-state index in [0.717, 1.165) is 15.4 Å². The third-order valence-electron chi connectivity index (χ3n) is 1.39. The lowest BCUT2D eigenvalue weighted by Gasteiger charge is -1.88. The second-order valence-electron chi connectivity index (χ2n) is 2.02. The van der Waals surface area contributed by atoms with E-state index in [0.29, 0.717) is 0 Å². The number of hydrogen-bond donors (Lipinski definition) is 0. The molecule has 2 rings (SSSR count). The van der Waals surface area contributed by atoms with Crippen molar-refractivity contribution in [2.45, 2.75) is 0 Å². The largest absolute Gasteiger partial charge is 0.453 e. The van der Waals surface area contributed by atoms with Crippen molar-refractivity contribution >= 4 is 26.9 Å². The molecule has 0 saturated heterocycles. The first-order chi connectivity index (χ1) is 4.88. The van der Waals surface area contributed by atoms with E-state index in [2.05, 4.69) is 22.2 Å². The van der Waals surface area contributed by atoms with Gasteiger partial charge >= 0.3 is 0 Å². The monoisotopic (exact) mass is 195 g/mol. The summed E-state index contributed by atoms with van der Waals surface area (Å²) in [6.45, 7) is 0. The van der Waals surface area contributed by atoms with Gasteiger partial charge in [0.25, 0.3) is 0 Å². The predicted octanol–water partition coefficient (Wildman–Crippen LogP) is 3.00. The summed E-state index contributed by atoms with van der Waals surface area (Å²) in [5, 5.41) is 1.07. The van der Waals surface area contributed by atoms with Crippen molar-refractivity contribution in [1.82, 2.24) is 0 Å². The number of hydrogen-bond acceptors (Lipinski definition) is 1. The summed E-state index contributed by atoms with van der Waals surface area (Å²) in [5.41, 5.74) is 0.870. The van der Waals surface area contributed by atoms with Gasteiger partial charge in [0.2, 0.25) is 0 Å². The van der Waals surface area contributed by atoms with Crippen LogP contribution in [0.1, 0.15) is 0 Å². The highest BCUT2D eigenvalue weighted by Crippen LogP contribution is 2.23. The summed E-state index contributed by atoms with van der Waals surface area (Å²) >= 11 is 3.40. The van der Waals surface area contributed by atoms with Crippen LogP contribution in [0, 0.1) is 6.26 Å². The van der Waals surface area contributed by atoms with Crippen LogP contribution in [0.4, 0.5) is 0 Å². The predicted molar refractivity (Wildman–Crippen MR) is 42.8 cm³/mol. The first-order valence-electron chi connectivity index (χ1n) is 2.92. The van der Waals surface area contributed by atoms with Gasteiger partial charge in [-0.1, -0.05) is 22.0 Å². The Morgan fingerprint density at radius 1 is 1.40 bits per heavy atom. The molecule has 10 heavy (non-hydrogen) atoms. The van der Waals surface area contributed by atoms with Crippen molar-refractivity contribution in [3.63, 3.8) is 0 Å². The van der Waals surface area contributed by atoms with Gasteiger partial charge in [-0.3, -0.25) is 0 Å². The van der Waals surface area contributed by atoms with Gasteiger partial charge in [0.05, 0.1) is 0 Å². The molecule has 1 aromatic carbocycles. The number of furan rings is 1. The molecule has 0 saturated carbocycles. The Kier molecular flexibility index (Phi) is 1.27.